The van der Waals surface area contributed by atoms with Crippen LogP contribution in [0.5, 0.6) is 5.75 Å². The number of para-hydroxylation sites is 1. The van der Waals surface area contributed by atoms with Crippen molar-refractivity contribution < 1.29 is 23.9 Å². The number of benzene rings is 2. The molecule has 0 aliphatic carbocycles. The molecule has 0 spiro atoms. The monoisotopic (exact) mass is 506 g/mol. The van der Waals surface area contributed by atoms with Crippen molar-refractivity contribution in [3.8, 4) is 5.75 Å². The van der Waals surface area contributed by atoms with Gasteiger partial charge in [0.05, 0.1) is 25.3 Å². The molecule has 2 aromatic carbocycles. The van der Waals surface area contributed by atoms with Gasteiger partial charge < -0.3 is 19.7 Å². The fourth-order valence-corrected chi connectivity index (χ4v) is 4.88. The molecular weight excluding hydrogens is 472 g/mol. The van der Waals surface area contributed by atoms with Crippen molar-refractivity contribution in [2.75, 3.05) is 53.0 Å². The van der Waals surface area contributed by atoms with Gasteiger partial charge in [-0.2, -0.15) is 0 Å². The van der Waals surface area contributed by atoms with Crippen LogP contribution in [0.1, 0.15) is 35.8 Å². The lowest BCUT2D eigenvalue weighted by atomic mass is 9.93. The molecule has 1 atom stereocenters. The fraction of sp³-hybridized carbons (Fsp3) is 0.393. The van der Waals surface area contributed by atoms with E-state index in [1.807, 2.05) is 60.4 Å². The molecule has 2 heterocycles. The Balaban J connectivity index is 1.63. The summed E-state index contributed by atoms with van der Waals surface area (Å²) in [5, 5.41) is 2.98. The van der Waals surface area contributed by atoms with Crippen molar-refractivity contribution in [1.29, 1.82) is 0 Å². The van der Waals surface area contributed by atoms with Gasteiger partial charge in [0.2, 0.25) is 0 Å². The summed E-state index contributed by atoms with van der Waals surface area (Å²) in [4.78, 5) is 45.0. The Bertz CT molecular complexity index is 1160. The van der Waals surface area contributed by atoms with Crippen molar-refractivity contribution in [2.45, 2.75) is 19.9 Å². The fourth-order valence-electron chi connectivity index (χ4n) is 4.88. The molecule has 196 valence electrons. The largest absolute Gasteiger partial charge is 0.496 e. The smallest absolute Gasteiger partial charge is 0.338 e. The van der Waals surface area contributed by atoms with Crippen molar-refractivity contribution in [1.82, 2.24) is 20.0 Å². The van der Waals surface area contributed by atoms with E-state index in [9.17, 15) is 14.4 Å². The summed E-state index contributed by atoms with van der Waals surface area (Å²) in [6.07, 6.45) is 0. The highest BCUT2D eigenvalue weighted by Gasteiger charge is 2.39. The maximum Gasteiger partial charge on any atom is 0.338 e. The summed E-state index contributed by atoms with van der Waals surface area (Å²) in [5.74, 6) is 0.117. The first-order valence-corrected chi connectivity index (χ1v) is 12.7. The lowest BCUT2D eigenvalue weighted by Crippen LogP contribution is -2.53. The Labute approximate surface area is 217 Å². The predicted molar refractivity (Wildman–Crippen MR) is 139 cm³/mol. The highest BCUT2D eigenvalue weighted by molar-refractivity contribution is 5.96. The Morgan fingerprint density at radius 3 is 2.30 bits per heavy atom. The summed E-state index contributed by atoms with van der Waals surface area (Å²) in [6.45, 7) is 7.00. The van der Waals surface area contributed by atoms with Crippen molar-refractivity contribution in [3.63, 3.8) is 0 Å². The highest BCUT2D eigenvalue weighted by atomic mass is 16.5. The zero-order valence-corrected chi connectivity index (χ0v) is 21.6. The predicted octanol–water partition coefficient (Wildman–Crippen LogP) is 3.06. The SMILES string of the molecule is CCOC(=O)C1=C(CN2CCN(C(=O)c3ccccc3)CC2)N(CC)C(=O)NC1c1ccccc1OC. The number of piperazine rings is 1. The molecule has 1 fully saturated rings. The number of ether oxygens (including phenoxy) is 2. The van der Waals surface area contributed by atoms with Gasteiger partial charge in [0.15, 0.2) is 0 Å². The number of esters is 1. The molecule has 2 aliphatic rings. The molecule has 9 nitrogen and oxygen atoms in total. The normalized spacial score (nSPS) is 18.5. The van der Waals surface area contributed by atoms with E-state index in [4.69, 9.17) is 9.47 Å². The van der Waals surface area contributed by atoms with Crippen LogP contribution in [0.4, 0.5) is 4.79 Å². The van der Waals surface area contributed by atoms with Crippen LogP contribution in [0.3, 0.4) is 0 Å². The number of nitrogens with zero attached hydrogens (tertiary/aromatic N) is 3. The van der Waals surface area contributed by atoms with Gasteiger partial charge in [-0.05, 0) is 32.0 Å². The van der Waals surface area contributed by atoms with Crippen LogP contribution in [0.2, 0.25) is 0 Å². The molecule has 1 N–H and O–H groups in total. The highest BCUT2D eigenvalue weighted by Crippen LogP contribution is 2.36. The van der Waals surface area contributed by atoms with E-state index < -0.39 is 12.0 Å². The quantitative estimate of drug-likeness (QED) is 0.554. The number of carbonyl (C=O) groups is 3. The van der Waals surface area contributed by atoms with Crippen molar-refractivity contribution in [2.24, 2.45) is 0 Å². The summed E-state index contributed by atoms with van der Waals surface area (Å²) >= 11 is 0. The van der Waals surface area contributed by atoms with Crippen LogP contribution >= 0.6 is 0 Å². The molecule has 1 saturated heterocycles. The first-order chi connectivity index (χ1) is 18.0. The lowest BCUT2D eigenvalue weighted by Gasteiger charge is -2.40. The second-order valence-electron chi connectivity index (χ2n) is 8.88. The summed E-state index contributed by atoms with van der Waals surface area (Å²) < 4.78 is 11.0. The van der Waals surface area contributed by atoms with Crippen LogP contribution in [0, 0.1) is 0 Å². The van der Waals surface area contributed by atoms with Crippen molar-refractivity contribution >= 4 is 17.9 Å². The minimum Gasteiger partial charge on any atom is -0.496 e. The van der Waals surface area contributed by atoms with Crippen LogP contribution in [0.15, 0.2) is 65.9 Å². The molecule has 0 aromatic heterocycles. The third-order valence-electron chi connectivity index (χ3n) is 6.75. The van der Waals surface area contributed by atoms with Crippen LogP contribution in [-0.2, 0) is 9.53 Å². The van der Waals surface area contributed by atoms with Crippen LogP contribution < -0.4 is 10.1 Å². The minimum atomic E-state index is -0.707. The summed E-state index contributed by atoms with van der Waals surface area (Å²) in [6, 6.07) is 15.6. The van der Waals surface area contributed by atoms with Gasteiger partial charge in [0.1, 0.15) is 5.75 Å². The van der Waals surface area contributed by atoms with E-state index in [0.717, 1.165) is 0 Å². The lowest BCUT2D eigenvalue weighted by molar-refractivity contribution is -0.139. The second-order valence-corrected chi connectivity index (χ2v) is 8.88. The molecule has 0 radical (unpaired) electrons. The molecular formula is C28H34N4O5. The van der Waals surface area contributed by atoms with E-state index in [0.29, 0.717) is 67.4 Å². The number of likely N-dealkylation sites (N-methyl/N-ethyl adjacent to an activating group) is 1. The maximum atomic E-state index is 13.3. The number of methoxy groups -OCH3 is 1. The van der Waals surface area contributed by atoms with Gasteiger partial charge in [-0.25, -0.2) is 9.59 Å². The Hall–Kier alpha value is -3.85. The number of hydrogen-bond donors (Lipinski definition) is 1. The molecule has 2 aromatic rings. The molecule has 0 bridgehead atoms. The van der Waals surface area contributed by atoms with E-state index >= 15 is 0 Å². The second kappa shape index (κ2) is 11.9. The van der Waals surface area contributed by atoms with Gasteiger partial charge in [-0.1, -0.05) is 36.4 Å². The van der Waals surface area contributed by atoms with Crippen molar-refractivity contribution in [3.05, 3.63) is 77.0 Å². The number of hydrogen-bond acceptors (Lipinski definition) is 6. The number of rotatable bonds is 8. The third-order valence-corrected chi connectivity index (χ3v) is 6.75. The third kappa shape index (κ3) is 5.61. The average Bonchev–Trinajstić information content (AvgIpc) is 2.93. The average molecular weight is 507 g/mol. The minimum absolute atomic E-state index is 0.00939. The first-order valence-electron chi connectivity index (χ1n) is 12.7. The molecule has 1 unspecified atom stereocenters. The molecule has 2 aliphatic heterocycles. The van der Waals surface area contributed by atoms with E-state index in [2.05, 4.69) is 10.2 Å². The van der Waals surface area contributed by atoms with Crippen LogP contribution in [-0.4, -0.2) is 85.6 Å². The van der Waals surface area contributed by atoms with Gasteiger partial charge in [-0.3, -0.25) is 14.6 Å². The zero-order valence-electron chi connectivity index (χ0n) is 21.6. The summed E-state index contributed by atoms with van der Waals surface area (Å²) in [5.41, 5.74) is 2.37. The van der Waals surface area contributed by atoms with Gasteiger partial charge in [0, 0.05) is 56.1 Å². The maximum absolute atomic E-state index is 13.3. The Kier molecular flexibility index (Phi) is 8.45. The van der Waals surface area contributed by atoms with Crippen LogP contribution in [0.25, 0.3) is 0 Å². The molecule has 3 amide bonds. The zero-order chi connectivity index (χ0) is 26.4. The topological polar surface area (TPSA) is 91.4 Å². The number of amides is 3. The number of nitrogens with one attached hydrogen (secondary N) is 1. The van der Waals surface area contributed by atoms with Gasteiger partial charge in [-0.15, -0.1) is 0 Å². The number of carbonyl (C=O) groups excluding carboxylic acids is 3. The standard InChI is InChI=1S/C28H34N4O5/c1-4-32-22(19-30-15-17-31(18-16-30)26(33)20-11-7-6-8-12-20)24(27(34)37-5-2)25(29-28(32)35)21-13-9-10-14-23(21)36-3/h6-14,25H,4-5,15-19H2,1-3H3,(H,29,35). The van der Waals surface area contributed by atoms with E-state index in [1.54, 1.807) is 25.0 Å². The molecule has 37 heavy (non-hydrogen) atoms. The molecule has 0 saturated carbocycles. The van der Waals surface area contributed by atoms with Gasteiger partial charge >= 0.3 is 12.0 Å². The molecule has 9 heteroatoms. The Morgan fingerprint density at radius 2 is 1.65 bits per heavy atom. The van der Waals surface area contributed by atoms with Gasteiger partial charge in [0.25, 0.3) is 5.91 Å². The first kappa shape index (κ1) is 26.2. The van der Waals surface area contributed by atoms with E-state index in [1.165, 1.54) is 0 Å². The van der Waals surface area contributed by atoms with E-state index in [-0.39, 0.29) is 18.5 Å². The Morgan fingerprint density at radius 1 is 0.973 bits per heavy atom. The number of urea groups is 1. The molecule has 4 rings (SSSR count). The summed E-state index contributed by atoms with van der Waals surface area (Å²) in [7, 11) is 1.56.